The van der Waals surface area contributed by atoms with Crippen molar-refractivity contribution < 1.29 is 18.9 Å². The Bertz CT molecular complexity index is 1150. The SMILES string of the molecule is O=P(O)(O)OCCCCCC1(c2ccc(C#Cc3ccc4ccccc4c3)cc2)CC1. The first-order valence-electron chi connectivity index (χ1n) is 10.8. The average Bonchev–Trinajstić information content (AvgIpc) is 3.55. The topological polar surface area (TPSA) is 66.8 Å². The van der Waals surface area contributed by atoms with E-state index in [0.717, 1.165) is 30.4 Å². The molecule has 0 bridgehead atoms. The molecule has 1 saturated carbocycles. The van der Waals surface area contributed by atoms with Crippen LogP contribution in [0.25, 0.3) is 10.8 Å². The standard InChI is InChI=1S/C26H27O4P/c27-31(28,29)30-19-5-1-4-16-26(17-18-26)25-14-11-21(12-15-25)8-9-22-10-13-23-6-2-3-7-24(23)20-22/h2-3,6-7,10-15,20H,1,4-5,16-19H2,(H2,27,28,29). The predicted octanol–water partition coefficient (Wildman–Crippen LogP) is 5.94. The van der Waals surface area contributed by atoms with E-state index >= 15 is 0 Å². The first kappa shape index (κ1) is 21.8. The highest BCUT2D eigenvalue weighted by Crippen LogP contribution is 2.52. The van der Waals surface area contributed by atoms with E-state index in [1.165, 1.54) is 29.2 Å². The fourth-order valence-electron chi connectivity index (χ4n) is 4.08. The van der Waals surface area contributed by atoms with E-state index in [1.807, 2.05) is 12.1 Å². The lowest BCUT2D eigenvalue weighted by molar-refractivity contribution is 0.193. The summed E-state index contributed by atoms with van der Waals surface area (Å²) in [5.74, 6) is 6.55. The number of unbranched alkanes of at least 4 members (excludes halogenated alkanes) is 2. The van der Waals surface area contributed by atoms with Gasteiger partial charge in [-0.2, -0.15) is 0 Å². The monoisotopic (exact) mass is 434 g/mol. The molecule has 0 saturated heterocycles. The predicted molar refractivity (Wildman–Crippen MR) is 124 cm³/mol. The summed E-state index contributed by atoms with van der Waals surface area (Å²) in [5.41, 5.74) is 3.68. The maximum Gasteiger partial charge on any atom is 0.469 e. The van der Waals surface area contributed by atoms with E-state index in [2.05, 4.69) is 71.0 Å². The molecule has 160 valence electrons. The van der Waals surface area contributed by atoms with Gasteiger partial charge in [-0.05, 0) is 71.7 Å². The van der Waals surface area contributed by atoms with Gasteiger partial charge in [0.2, 0.25) is 0 Å². The molecule has 0 unspecified atom stereocenters. The van der Waals surface area contributed by atoms with E-state index in [1.54, 1.807) is 0 Å². The first-order chi connectivity index (χ1) is 14.9. The van der Waals surface area contributed by atoms with Crippen LogP contribution in [0.15, 0.2) is 66.7 Å². The molecule has 0 atom stereocenters. The fourth-order valence-corrected chi connectivity index (χ4v) is 4.45. The third-order valence-electron chi connectivity index (χ3n) is 6.01. The van der Waals surface area contributed by atoms with Crippen molar-refractivity contribution >= 4 is 18.6 Å². The number of fused-ring (bicyclic) bond motifs is 1. The van der Waals surface area contributed by atoms with E-state index in [9.17, 15) is 4.57 Å². The molecule has 4 rings (SSSR count). The van der Waals surface area contributed by atoms with Crippen molar-refractivity contribution in [2.45, 2.75) is 43.9 Å². The molecule has 3 aromatic carbocycles. The molecule has 0 spiro atoms. The second-order valence-corrected chi connectivity index (χ2v) is 9.54. The van der Waals surface area contributed by atoms with Gasteiger partial charge in [-0.15, -0.1) is 0 Å². The van der Waals surface area contributed by atoms with Crippen LogP contribution in [0.3, 0.4) is 0 Å². The van der Waals surface area contributed by atoms with Crippen LogP contribution in [-0.4, -0.2) is 16.4 Å². The first-order valence-corrected chi connectivity index (χ1v) is 12.3. The highest BCUT2D eigenvalue weighted by molar-refractivity contribution is 7.46. The summed E-state index contributed by atoms with van der Waals surface area (Å²) in [6, 6.07) is 23.2. The van der Waals surface area contributed by atoms with Crippen LogP contribution in [0.1, 0.15) is 55.2 Å². The summed E-state index contributed by atoms with van der Waals surface area (Å²) in [6.07, 6.45) is 6.13. The van der Waals surface area contributed by atoms with Gasteiger partial charge >= 0.3 is 7.82 Å². The molecule has 1 aliphatic rings. The molecule has 4 nitrogen and oxygen atoms in total. The Hall–Kier alpha value is -2.41. The van der Waals surface area contributed by atoms with E-state index in [4.69, 9.17) is 9.79 Å². The normalized spacial score (nSPS) is 14.8. The maximum atomic E-state index is 10.7. The molecular formula is C26H27O4P. The molecule has 0 heterocycles. The lowest BCUT2D eigenvalue weighted by Crippen LogP contribution is -2.06. The molecule has 0 aliphatic heterocycles. The van der Waals surface area contributed by atoms with Gasteiger partial charge in [0.25, 0.3) is 0 Å². The zero-order valence-electron chi connectivity index (χ0n) is 17.5. The van der Waals surface area contributed by atoms with Crippen molar-refractivity contribution in [1.29, 1.82) is 0 Å². The zero-order chi connectivity index (χ0) is 21.7. The molecule has 0 amide bonds. The second-order valence-electron chi connectivity index (χ2n) is 8.30. The van der Waals surface area contributed by atoms with Crippen LogP contribution in [0, 0.1) is 11.8 Å². The summed E-state index contributed by atoms with van der Waals surface area (Å²) in [6.45, 7) is 0.113. The number of phosphoric ester groups is 1. The smallest absolute Gasteiger partial charge is 0.303 e. The van der Waals surface area contributed by atoms with Crippen LogP contribution in [-0.2, 0) is 14.5 Å². The molecule has 5 heteroatoms. The van der Waals surface area contributed by atoms with Crippen LogP contribution in [0.5, 0.6) is 0 Å². The Labute approximate surface area is 183 Å². The zero-order valence-corrected chi connectivity index (χ0v) is 18.4. The minimum absolute atomic E-state index is 0.113. The van der Waals surface area contributed by atoms with E-state index in [-0.39, 0.29) is 12.0 Å². The van der Waals surface area contributed by atoms with E-state index < -0.39 is 7.82 Å². The molecule has 0 aromatic heterocycles. The minimum Gasteiger partial charge on any atom is -0.303 e. The summed E-state index contributed by atoms with van der Waals surface area (Å²) in [4.78, 5) is 17.4. The third-order valence-corrected chi connectivity index (χ3v) is 6.53. The van der Waals surface area contributed by atoms with E-state index in [0.29, 0.717) is 6.42 Å². The highest BCUT2D eigenvalue weighted by atomic mass is 31.2. The minimum atomic E-state index is -4.33. The van der Waals surface area contributed by atoms with Crippen LogP contribution >= 0.6 is 7.82 Å². The van der Waals surface area contributed by atoms with Gasteiger partial charge in [0.05, 0.1) is 6.61 Å². The lowest BCUT2D eigenvalue weighted by Gasteiger charge is -2.15. The fraction of sp³-hybridized carbons (Fsp3) is 0.308. The van der Waals surface area contributed by atoms with Gasteiger partial charge in [-0.3, -0.25) is 4.52 Å². The molecule has 1 aliphatic carbocycles. The Kier molecular flexibility index (Phi) is 6.60. The average molecular weight is 434 g/mol. The van der Waals surface area contributed by atoms with Crippen LogP contribution in [0.4, 0.5) is 0 Å². The summed E-state index contributed by atoms with van der Waals surface area (Å²) in [7, 11) is -4.33. The number of benzene rings is 3. The van der Waals surface area contributed by atoms with Gasteiger partial charge in [-0.25, -0.2) is 4.57 Å². The number of phosphoric acid groups is 1. The summed E-state index contributed by atoms with van der Waals surface area (Å²) >= 11 is 0. The summed E-state index contributed by atoms with van der Waals surface area (Å²) < 4.78 is 15.2. The largest absolute Gasteiger partial charge is 0.469 e. The quantitative estimate of drug-likeness (QED) is 0.262. The number of rotatable bonds is 8. The Morgan fingerprint density at radius 2 is 1.52 bits per heavy atom. The second kappa shape index (κ2) is 9.39. The third kappa shape index (κ3) is 6.06. The van der Waals surface area contributed by atoms with Gasteiger partial charge < -0.3 is 9.79 Å². The molecule has 1 fully saturated rings. The van der Waals surface area contributed by atoms with Crippen molar-refractivity contribution in [2.75, 3.05) is 6.61 Å². The molecule has 0 radical (unpaired) electrons. The van der Waals surface area contributed by atoms with Crippen molar-refractivity contribution in [2.24, 2.45) is 0 Å². The molecule has 3 aromatic rings. The Balaban J connectivity index is 1.32. The van der Waals surface area contributed by atoms with Gasteiger partial charge in [0.1, 0.15) is 0 Å². The molecular weight excluding hydrogens is 407 g/mol. The summed E-state index contributed by atoms with van der Waals surface area (Å²) in [5, 5.41) is 2.43. The van der Waals surface area contributed by atoms with Gasteiger partial charge in [0, 0.05) is 11.1 Å². The Morgan fingerprint density at radius 3 is 2.23 bits per heavy atom. The van der Waals surface area contributed by atoms with Crippen LogP contribution in [0.2, 0.25) is 0 Å². The van der Waals surface area contributed by atoms with Gasteiger partial charge in [0.15, 0.2) is 0 Å². The maximum absolute atomic E-state index is 10.7. The van der Waals surface area contributed by atoms with Crippen molar-refractivity contribution in [1.82, 2.24) is 0 Å². The highest BCUT2D eigenvalue weighted by Gasteiger charge is 2.43. The molecule has 31 heavy (non-hydrogen) atoms. The lowest BCUT2D eigenvalue weighted by atomic mass is 9.89. The molecule has 2 N–H and O–H groups in total. The number of hydrogen-bond acceptors (Lipinski definition) is 2. The number of hydrogen-bond donors (Lipinski definition) is 2. The van der Waals surface area contributed by atoms with Crippen LogP contribution < -0.4 is 0 Å². The van der Waals surface area contributed by atoms with Crippen molar-refractivity contribution in [3.8, 4) is 11.8 Å². The Morgan fingerprint density at radius 1 is 0.839 bits per heavy atom. The van der Waals surface area contributed by atoms with Crippen molar-refractivity contribution in [3.63, 3.8) is 0 Å². The van der Waals surface area contributed by atoms with Crippen molar-refractivity contribution in [3.05, 3.63) is 83.4 Å². The van der Waals surface area contributed by atoms with Gasteiger partial charge in [-0.1, -0.05) is 67.1 Å².